The van der Waals surface area contributed by atoms with Crippen molar-refractivity contribution < 1.29 is 19.4 Å². The second-order valence-electron chi connectivity index (χ2n) is 9.54. The number of carbonyl (C=O) groups excluding carboxylic acids is 1. The van der Waals surface area contributed by atoms with Crippen molar-refractivity contribution in [2.75, 3.05) is 7.11 Å². The third-order valence-electron chi connectivity index (χ3n) is 7.77. The van der Waals surface area contributed by atoms with Crippen LogP contribution in [0.2, 0.25) is 0 Å². The normalized spacial score (nSPS) is 31.0. The summed E-state index contributed by atoms with van der Waals surface area (Å²) in [6.07, 6.45) is 8.51. The van der Waals surface area contributed by atoms with E-state index < -0.39 is 0 Å². The first-order chi connectivity index (χ1) is 13.8. The molecule has 162 valence electrons. The molecule has 1 aromatic carbocycles. The van der Waals surface area contributed by atoms with Gasteiger partial charge in [-0.05, 0) is 79.4 Å². The predicted molar refractivity (Wildman–Crippen MR) is 115 cm³/mol. The van der Waals surface area contributed by atoms with Crippen LogP contribution in [0.15, 0.2) is 24.3 Å². The van der Waals surface area contributed by atoms with Crippen molar-refractivity contribution in [1.29, 1.82) is 0 Å². The molecule has 1 aromatic rings. The van der Waals surface area contributed by atoms with Gasteiger partial charge in [0.15, 0.2) is 0 Å². The van der Waals surface area contributed by atoms with E-state index in [0.29, 0.717) is 23.2 Å². The molecule has 0 amide bonds. The number of aliphatic hydroxyl groups excluding tert-OH is 1. The molecule has 0 aromatic heterocycles. The summed E-state index contributed by atoms with van der Waals surface area (Å²) in [6.45, 7) is 6.29. The summed E-state index contributed by atoms with van der Waals surface area (Å²) in [6, 6.07) is 7.81. The van der Waals surface area contributed by atoms with E-state index >= 15 is 0 Å². The zero-order chi connectivity index (χ0) is 21.0. The van der Waals surface area contributed by atoms with Crippen molar-refractivity contribution in [2.45, 2.75) is 84.3 Å². The van der Waals surface area contributed by atoms with Gasteiger partial charge in [-0.3, -0.25) is 4.79 Å². The number of carbonyl (C=O) groups is 1. The monoisotopic (exact) mass is 402 g/mol. The van der Waals surface area contributed by atoms with E-state index in [1.54, 1.807) is 7.11 Å². The average Bonchev–Trinajstić information content (AvgIpc) is 3.05. The number of esters is 1. The van der Waals surface area contributed by atoms with E-state index in [1.165, 1.54) is 26.2 Å². The number of hydrogen-bond donors (Lipinski definition) is 1. The second-order valence-corrected chi connectivity index (χ2v) is 9.54. The summed E-state index contributed by atoms with van der Waals surface area (Å²) >= 11 is 0. The molecule has 0 saturated heterocycles. The van der Waals surface area contributed by atoms with Gasteiger partial charge in [0.05, 0.1) is 13.2 Å². The predicted octanol–water partition coefficient (Wildman–Crippen LogP) is 5.68. The van der Waals surface area contributed by atoms with Gasteiger partial charge in [0.1, 0.15) is 11.9 Å². The van der Waals surface area contributed by atoms with Crippen LogP contribution in [0.4, 0.5) is 0 Å². The molecule has 2 fully saturated rings. The molecule has 0 bridgehead atoms. The van der Waals surface area contributed by atoms with Crippen molar-refractivity contribution in [3.8, 4) is 5.75 Å². The van der Waals surface area contributed by atoms with E-state index in [2.05, 4.69) is 13.8 Å². The molecule has 0 aliphatic heterocycles. The minimum Gasteiger partial charge on any atom is -0.497 e. The van der Waals surface area contributed by atoms with Crippen molar-refractivity contribution in [1.82, 2.24) is 0 Å². The van der Waals surface area contributed by atoms with Crippen LogP contribution in [0.5, 0.6) is 5.75 Å². The van der Waals surface area contributed by atoms with Crippen LogP contribution in [-0.4, -0.2) is 24.3 Å². The van der Waals surface area contributed by atoms with Crippen LogP contribution in [0, 0.1) is 23.2 Å². The zero-order valence-corrected chi connectivity index (χ0v) is 18.5. The minimum absolute atomic E-state index is 0.102. The van der Waals surface area contributed by atoms with E-state index in [4.69, 9.17) is 9.47 Å². The summed E-state index contributed by atoms with van der Waals surface area (Å²) in [5.41, 5.74) is 1.32. The fraction of sp³-hybridized carbons (Fsp3) is 0.720. The van der Waals surface area contributed by atoms with Crippen molar-refractivity contribution in [3.63, 3.8) is 0 Å². The Morgan fingerprint density at radius 2 is 1.93 bits per heavy atom. The lowest BCUT2D eigenvalue weighted by atomic mass is 9.61. The number of aliphatic hydroxyl groups is 1. The Balaban J connectivity index is 1.58. The van der Waals surface area contributed by atoms with Gasteiger partial charge in [-0.2, -0.15) is 0 Å². The summed E-state index contributed by atoms with van der Waals surface area (Å²) in [5.74, 6) is 2.38. The van der Waals surface area contributed by atoms with Crippen LogP contribution in [0.1, 0.15) is 83.8 Å². The first-order valence-corrected chi connectivity index (χ1v) is 11.3. The maximum atomic E-state index is 11.6. The van der Waals surface area contributed by atoms with Crippen LogP contribution in [0.25, 0.3) is 0 Å². The first-order valence-electron chi connectivity index (χ1n) is 11.3. The third kappa shape index (κ3) is 4.96. The van der Waals surface area contributed by atoms with Gasteiger partial charge in [0, 0.05) is 6.92 Å². The van der Waals surface area contributed by atoms with Gasteiger partial charge in [-0.1, -0.05) is 38.8 Å². The van der Waals surface area contributed by atoms with Gasteiger partial charge >= 0.3 is 5.97 Å². The maximum Gasteiger partial charge on any atom is 0.303 e. The number of benzene rings is 1. The number of fused-ring (bicyclic) bond motifs is 1. The van der Waals surface area contributed by atoms with Gasteiger partial charge < -0.3 is 14.6 Å². The van der Waals surface area contributed by atoms with Crippen LogP contribution >= 0.6 is 0 Å². The molecular formula is C25H38O4. The molecule has 2 aliphatic carbocycles. The molecule has 29 heavy (non-hydrogen) atoms. The van der Waals surface area contributed by atoms with Gasteiger partial charge in [-0.25, -0.2) is 0 Å². The molecule has 0 radical (unpaired) electrons. The summed E-state index contributed by atoms with van der Waals surface area (Å²) in [7, 11) is 1.65. The molecule has 1 N–H and O–H groups in total. The van der Waals surface area contributed by atoms with E-state index in [9.17, 15) is 9.90 Å². The smallest absolute Gasteiger partial charge is 0.303 e. The fourth-order valence-corrected chi connectivity index (χ4v) is 6.26. The molecule has 6 atom stereocenters. The number of hydrogen-bond acceptors (Lipinski definition) is 4. The minimum atomic E-state index is -0.235. The highest BCUT2D eigenvalue weighted by Gasteiger charge is 2.51. The standard InChI is InChI=1S/C25H38O4/c1-17(21-14-15-22-23(27)8-6-16-25(21,22)3)7-5-9-24(29-18(2)26)19-10-12-20(28-4)13-11-19/h10-13,17,21-24,27H,5-9,14-16H2,1-4H3/t17?,21-,22+,23+,24?,25-/m1/s1. The summed E-state index contributed by atoms with van der Waals surface area (Å²) in [5, 5.41) is 10.5. The topological polar surface area (TPSA) is 55.8 Å². The molecule has 0 heterocycles. The number of rotatable bonds is 8. The highest BCUT2D eigenvalue weighted by molar-refractivity contribution is 5.66. The summed E-state index contributed by atoms with van der Waals surface area (Å²) < 4.78 is 10.9. The van der Waals surface area contributed by atoms with Crippen molar-refractivity contribution in [3.05, 3.63) is 29.8 Å². The van der Waals surface area contributed by atoms with Gasteiger partial charge in [0.2, 0.25) is 0 Å². The lowest BCUT2D eigenvalue weighted by Crippen LogP contribution is -2.41. The molecule has 2 aliphatic rings. The van der Waals surface area contributed by atoms with Crippen molar-refractivity contribution in [2.24, 2.45) is 23.2 Å². The first kappa shape index (κ1) is 22.1. The van der Waals surface area contributed by atoms with Crippen LogP contribution in [-0.2, 0) is 9.53 Å². The molecule has 2 saturated carbocycles. The Bertz CT molecular complexity index is 670. The van der Waals surface area contributed by atoms with E-state index in [1.807, 2.05) is 24.3 Å². The third-order valence-corrected chi connectivity index (χ3v) is 7.77. The SMILES string of the molecule is COc1ccc(C(CCCC(C)[C@H]2CC[C@H]3[C@@H](O)CCC[C@]23C)OC(C)=O)cc1. The number of ether oxygens (including phenoxy) is 2. The molecule has 2 unspecified atom stereocenters. The summed E-state index contributed by atoms with van der Waals surface area (Å²) in [4.78, 5) is 11.6. The lowest BCUT2D eigenvalue weighted by molar-refractivity contribution is -0.147. The number of methoxy groups -OCH3 is 1. The Kier molecular flexibility index (Phi) is 7.26. The highest BCUT2D eigenvalue weighted by atomic mass is 16.5. The van der Waals surface area contributed by atoms with E-state index in [0.717, 1.165) is 43.4 Å². The van der Waals surface area contributed by atoms with Crippen LogP contribution < -0.4 is 4.74 Å². The van der Waals surface area contributed by atoms with Crippen LogP contribution in [0.3, 0.4) is 0 Å². The fourth-order valence-electron chi connectivity index (χ4n) is 6.26. The molecule has 3 rings (SSSR count). The molecule has 4 nitrogen and oxygen atoms in total. The molecule has 0 spiro atoms. The highest BCUT2D eigenvalue weighted by Crippen LogP contribution is 2.58. The van der Waals surface area contributed by atoms with Gasteiger partial charge in [-0.15, -0.1) is 0 Å². The largest absolute Gasteiger partial charge is 0.497 e. The Labute approximate surface area is 176 Å². The Morgan fingerprint density at radius 3 is 2.59 bits per heavy atom. The van der Waals surface area contributed by atoms with Crippen molar-refractivity contribution >= 4 is 5.97 Å². The molecule has 4 heteroatoms. The average molecular weight is 403 g/mol. The molecular weight excluding hydrogens is 364 g/mol. The maximum absolute atomic E-state index is 11.6. The quantitative estimate of drug-likeness (QED) is 0.568. The van der Waals surface area contributed by atoms with E-state index in [-0.39, 0.29) is 18.2 Å². The van der Waals surface area contributed by atoms with Gasteiger partial charge in [0.25, 0.3) is 0 Å². The second kappa shape index (κ2) is 9.51. The lowest BCUT2D eigenvalue weighted by Gasteiger charge is -2.45. The zero-order valence-electron chi connectivity index (χ0n) is 18.5. The Morgan fingerprint density at radius 1 is 1.21 bits per heavy atom. The Hall–Kier alpha value is -1.55.